The van der Waals surface area contributed by atoms with Crippen molar-refractivity contribution >= 4 is 12.4 Å². The minimum atomic E-state index is 0.944. The molecule has 70 valence electrons. The molecule has 1 saturated heterocycles. The molecule has 0 saturated carbocycles. The van der Waals surface area contributed by atoms with E-state index in [1.807, 2.05) is 0 Å². The number of hydrogen-bond donors (Lipinski definition) is 3. The van der Waals surface area contributed by atoms with Gasteiger partial charge < -0.3 is 15.7 Å². The molecule has 0 amide bonds. The minimum Gasteiger partial charge on any atom is -0.411 e. The van der Waals surface area contributed by atoms with Crippen LogP contribution in [0.4, 0.5) is 0 Å². The zero-order valence-electron chi connectivity index (χ0n) is 6.98. The number of piperidine rings is 1. The van der Waals surface area contributed by atoms with Gasteiger partial charge in [0.2, 0.25) is 0 Å². The number of nitrogens with zero attached hydrogens (tertiary/aromatic N) is 2. The van der Waals surface area contributed by atoms with Gasteiger partial charge in [0.1, 0.15) is 0 Å². The highest BCUT2D eigenvalue weighted by molar-refractivity contribution is 6.15. The largest absolute Gasteiger partial charge is 0.411 e. The van der Waals surface area contributed by atoms with Crippen molar-refractivity contribution in [2.45, 2.75) is 19.3 Å². The van der Waals surface area contributed by atoms with E-state index in [1.54, 1.807) is 0 Å². The summed E-state index contributed by atoms with van der Waals surface area (Å²) in [6.45, 7) is 2.50. The maximum atomic E-state index is 7.56. The van der Waals surface area contributed by atoms with Crippen LogP contribution in [0.15, 0.2) is 10.3 Å². The van der Waals surface area contributed by atoms with Crippen LogP contribution >= 0.6 is 0 Å². The Balaban J connectivity index is 0.000000202. The van der Waals surface area contributed by atoms with Crippen LogP contribution in [0, 0.1) is 0 Å². The van der Waals surface area contributed by atoms with E-state index in [0.29, 0.717) is 0 Å². The lowest BCUT2D eigenvalue weighted by atomic mass is 10.2. The van der Waals surface area contributed by atoms with Crippen LogP contribution in [0.5, 0.6) is 0 Å². The lowest BCUT2D eigenvalue weighted by Crippen LogP contribution is -2.21. The Labute approximate surface area is 71.8 Å². The van der Waals surface area contributed by atoms with Crippen molar-refractivity contribution in [1.82, 2.24) is 5.32 Å². The summed E-state index contributed by atoms with van der Waals surface area (Å²) < 4.78 is 0. The summed E-state index contributed by atoms with van der Waals surface area (Å²) in [5.74, 6) is 0. The molecule has 0 unspecified atom stereocenters. The van der Waals surface area contributed by atoms with Gasteiger partial charge in [-0.1, -0.05) is 16.7 Å². The maximum Gasteiger partial charge on any atom is 0.0877 e. The Morgan fingerprint density at radius 2 is 1.42 bits per heavy atom. The van der Waals surface area contributed by atoms with E-state index in [4.69, 9.17) is 10.4 Å². The van der Waals surface area contributed by atoms with Crippen LogP contribution in [0.25, 0.3) is 0 Å². The van der Waals surface area contributed by atoms with Crippen LogP contribution in [-0.4, -0.2) is 35.9 Å². The van der Waals surface area contributed by atoms with Crippen molar-refractivity contribution in [3.8, 4) is 0 Å². The van der Waals surface area contributed by atoms with Crippen molar-refractivity contribution in [2.75, 3.05) is 13.1 Å². The first kappa shape index (κ1) is 10.9. The molecule has 0 aromatic carbocycles. The summed E-state index contributed by atoms with van der Waals surface area (Å²) >= 11 is 0. The van der Waals surface area contributed by atoms with Crippen LogP contribution in [0.1, 0.15) is 19.3 Å². The summed E-state index contributed by atoms with van der Waals surface area (Å²) in [7, 11) is 0. The van der Waals surface area contributed by atoms with Gasteiger partial charge in [-0.2, -0.15) is 0 Å². The van der Waals surface area contributed by atoms with Gasteiger partial charge in [-0.3, -0.25) is 0 Å². The zero-order valence-corrected chi connectivity index (χ0v) is 6.98. The summed E-state index contributed by atoms with van der Waals surface area (Å²) in [5, 5.41) is 23.4. The van der Waals surface area contributed by atoms with Crippen LogP contribution in [-0.2, 0) is 0 Å². The molecular weight excluding hydrogens is 158 g/mol. The fourth-order valence-electron chi connectivity index (χ4n) is 0.861. The molecule has 1 heterocycles. The normalized spacial score (nSPS) is 17.7. The Morgan fingerprint density at radius 3 is 1.58 bits per heavy atom. The summed E-state index contributed by atoms with van der Waals surface area (Å²) in [6, 6.07) is 0. The molecule has 12 heavy (non-hydrogen) atoms. The summed E-state index contributed by atoms with van der Waals surface area (Å²) in [4.78, 5) is 0. The first-order valence-corrected chi connectivity index (χ1v) is 3.96. The van der Waals surface area contributed by atoms with Gasteiger partial charge in [0.25, 0.3) is 0 Å². The lowest BCUT2D eigenvalue weighted by Gasteiger charge is -2.08. The molecule has 1 aliphatic heterocycles. The van der Waals surface area contributed by atoms with Crippen molar-refractivity contribution in [1.29, 1.82) is 0 Å². The van der Waals surface area contributed by atoms with Gasteiger partial charge in [-0.25, -0.2) is 0 Å². The van der Waals surface area contributed by atoms with E-state index < -0.39 is 0 Å². The molecule has 5 heteroatoms. The third-order valence-corrected chi connectivity index (χ3v) is 1.41. The highest BCUT2D eigenvalue weighted by Gasteiger charge is 1.93. The minimum absolute atomic E-state index is 0.944. The second kappa shape index (κ2) is 9.90. The quantitative estimate of drug-likeness (QED) is 0.310. The van der Waals surface area contributed by atoms with E-state index in [9.17, 15) is 0 Å². The van der Waals surface area contributed by atoms with E-state index in [-0.39, 0.29) is 0 Å². The second-order valence-electron chi connectivity index (χ2n) is 2.34. The molecule has 1 fully saturated rings. The molecule has 1 rings (SSSR count). The predicted molar refractivity (Wildman–Crippen MR) is 47.3 cm³/mol. The first-order valence-electron chi connectivity index (χ1n) is 3.96. The number of hydrogen-bond acceptors (Lipinski definition) is 5. The van der Waals surface area contributed by atoms with Crippen LogP contribution in [0.2, 0.25) is 0 Å². The molecule has 0 aromatic rings. The second-order valence-corrected chi connectivity index (χ2v) is 2.34. The zero-order chi connectivity index (χ0) is 9.07. The molecule has 5 nitrogen and oxygen atoms in total. The van der Waals surface area contributed by atoms with E-state index >= 15 is 0 Å². The lowest BCUT2D eigenvalue weighted by molar-refractivity contribution is 0.317. The van der Waals surface area contributed by atoms with Gasteiger partial charge in [-0.15, -0.1) is 0 Å². The molecule has 0 aliphatic carbocycles. The standard InChI is InChI=1S/C5H11N.C2H4N2O2/c1-2-4-6-5-3-1;5-3-1-2-4-6/h6H,1-5H2;1-2,5-6H. The van der Waals surface area contributed by atoms with E-state index in [1.165, 1.54) is 32.4 Å². The van der Waals surface area contributed by atoms with Crippen molar-refractivity contribution in [3.05, 3.63) is 0 Å². The van der Waals surface area contributed by atoms with Gasteiger partial charge in [-0.05, 0) is 25.9 Å². The van der Waals surface area contributed by atoms with Gasteiger partial charge in [0.05, 0.1) is 12.4 Å². The van der Waals surface area contributed by atoms with E-state index in [0.717, 1.165) is 12.4 Å². The Kier molecular flexibility index (Phi) is 8.99. The molecule has 0 radical (unpaired) electrons. The average molecular weight is 173 g/mol. The van der Waals surface area contributed by atoms with Gasteiger partial charge in [0.15, 0.2) is 0 Å². The topological polar surface area (TPSA) is 77.2 Å². The molecule has 1 aliphatic rings. The monoisotopic (exact) mass is 173 g/mol. The molecular formula is C7H15N3O2. The molecule has 0 spiro atoms. The average Bonchev–Trinajstić information content (AvgIpc) is 2.18. The molecule has 0 bridgehead atoms. The smallest absolute Gasteiger partial charge is 0.0877 e. The van der Waals surface area contributed by atoms with Gasteiger partial charge in [0, 0.05) is 0 Å². The first-order chi connectivity index (χ1) is 5.91. The summed E-state index contributed by atoms with van der Waals surface area (Å²) in [6.07, 6.45) is 6.10. The van der Waals surface area contributed by atoms with Crippen LogP contribution < -0.4 is 5.32 Å². The molecule has 0 atom stereocenters. The highest BCUT2D eigenvalue weighted by Crippen LogP contribution is 1.96. The SMILES string of the molecule is C1CCNCC1.ON=CC=NO. The van der Waals surface area contributed by atoms with Gasteiger partial charge >= 0.3 is 0 Å². The third-order valence-electron chi connectivity index (χ3n) is 1.41. The van der Waals surface area contributed by atoms with Crippen LogP contribution in [0.3, 0.4) is 0 Å². The molecule has 3 N–H and O–H groups in total. The highest BCUT2D eigenvalue weighted by atomic mass is 16.4. The van der Waals surface area contributed by atoms with E-state index in [2.05, 4.69) is 15.6 Å². The fourth-order valence-corrected chi connectivity index (χ4v) is 0.861. The third kappa shape index (κ3) is 8.90. The number of nitrogens with one attached hydrogen (secondary N) is 1. The van der Waals surface area contributed by atoms with Crippen molar-refractivity contribution in [2.24, 2.45) is 10.3 Å². The summed E-state index contributed by atoms with van der Waals surface area (Å²) in [5.41, 5.74) is 0. The fraction of sp³-hybridized carbons (Fsp3) is 0.714. The Hall–Kier alpha value is -1.10. The Morgan fingerprint density at radius 1 is 0.917 bits per heavy atom. The van der Waals surface area contributed by atoms with Crippen molar-refractivity contribution < 1.29 is 10.4 Å². The number of rotatable bonds is 1. The number of oxime groups is 2. The molecule has 0 aromatic heterocycles. The maximum absolute atomic E-state index is 7.56. The predicted octanol–water partition coefficient (Wildman–Crippen LogP) is 0.666. The van der Waals surface area contributed by atoms with Crippen molar-refractivity contribution in [3.63, 3.8) is 0 Å². The Bertz CT molecular complexity index is 111.